The highest BCUT2D eigenvalue weighted by molar-refractivity contribution is 5.66. The zero-order chi connectivity index (χ0) is 8.69. The lowest BCUT2D eigenvalue weighted by Crippen LogP contribution is -2.04. The molecule has 0 aromatic carbocycles. The minimum atomic E-state index is -0.727. The van der Waals surface area contributed by atoms with Crippen LogP contribution in [0.2, 0.25) is 0 Å². The molecule has 0 spiro atoms. The Labute approximate surface area is 67.4 Å². The molecule has 3 nitrogen and oxygen atoms in total. The molecule has 0 rings (SSSR count). The third kappa shape index (κ3) is 9.43. The van der Waals surface area contributed by atoms with E-state index >= 15 is 0 Å². The summed E-state index contributed by atoms with van der Waals surface area (Å²) < 4.78 is 5.23. The molecular formula is C8H16O3. The predicted molar refractivity (Wildman–Crippen MR) is 42.6 cm³/mol. The van der Waals surface area contributed by atoms with E-state index in [1.54, 1.807) is 0 Å². The van der Waals surface area contributed by atoms with E-state index in [-0.39, 0.29) is 12.5 Å². The molecule has 0 aromatic rings. The van der Waals surface area contributed by atoms with Crippen LogP contribution >= 0.6 is 0 Å². The van der Waals surface area contributed by atoms with Crippen LogP contribution in [0.4, 0.5) is 0 Å². The van der Waals surface area contributed by atoms with E-state index in [4.69, 9.17) is 9.84 Å². The van der Waals surface area contributed by atoms with Crippen LogP contribution in [0.5, 0.6) is 0 Å². The smallest absolute Gasteiger partial charge is 0.303 e. The van der Waals surface area contributed by atoms with Crippen molar-refractivity contribution >= 4 is 5.97 Å². The highest BCUT2D eigenvalue weighted by Gasteiger charge is 1.97. The maximum Gasteiger partial charge on any atom is 0.303 e. The number of hydrogen-bond donors (Lipinski definition) is 1. The fourth-order valence-electron chi connectivity index (χ4n) is 0.697. The third-order valence-electron chi connectivity index (χ3n) is 1.24. The van der Waals surface area contributed by atoms with Crippen LogP contribution < -0.4 is 0 Å². The second-order valence-electron chi connectivity index (χ2n) is 2.77. The maximum atomic E-state index is 10.1. The molecule has 0 saturated carbocycles. The largest absolute Gasteiger partial charge is 0.481 e. The number of carboxylic acids is 1. The Hall–Kier alpha value is -0.570. The van der Waals surface area contributed by atoms with Crippen LogP contribution in [0.1, 0.15) is 33.1 Å². The van der Waals surface area contributed by atoms with Crippen molar-refractivity contribution in [2.75, 3.05) is 6.61 Å². The molecule has 0 unspecified atom stereocenters. The normalized spacial score (nSPS) is 10.5. The van der Waals surface area contributed by atoms with Gasteiger partial charge in [0.15, 0.2) is 0 Å². The molecule has 66 valence electrons. The van der Waals surface area contributed by atoms with E-state index in [2.05, 4.69) is 0 Å². The summed E-state index contributed by atoms with van der Waals surface area (Å²) in [6, 6.07) is 0. The molecule has 0 atom stereocenters. The van der Waals surface area contributed by atoms with Gasteiger partial charge in [0.1, 0.15) is 0 Å². The van der Waals surface area contributed by atoms with Crippen molar-refractivity contribution in [1.82, 2.24) is 0 Å². The fourth-order valence-corrected chi connectivity index (χ4v) is 0.697. The zero-order valence-corrected chi connectivity index (χ0v) is 7.17. The second kappa shape index (κ2) is 6.16. The van der Waals surface area contributed by atoms with Crippen LogP contribution in [0.3, 0.4) is 0 Å². The topological polar surface area (TPSA) is 46.5 Å². The van der Waals surface area contributed by atoms with Crippen LogP contribution in [-0.4, -0.2) is 23.8 Å². The summed E-state index contributed by atoms with van der Waals surface area (Å²) in [6.45, 7) is 4.61. The van der Waals surface area contributed by atoms with Gasteiger partial charge in [-0.25, -0.2) is 0 Å². The molecule has 1 N–H and O–H groups in total. The average Bonchev–Trinajstić information content (AvgIpc) is 1.85. The van der Waals surface area contributed by atoms with Gasteiger partial charge in [0.2, 0.25) is 0 Å². The standard InChI is InChI=1S/C8H16O3/c1-7(2)11-6-4-3-5-8(9)10/h7H,3-6H2,1-2H3,(H,9,10). The first-order valence-electron chi connectivity index (χ1n) is 3.96. The Morgan fingerprint density at radius 1 is 1.45 bits per heavy atom. The molecule has 0 saturated heterocycles. The van der Waals surface area contributed by atoms with E-state index in [0.717, 1.165) is 6.42 Å². The first-order chi connectivity index (χ1) is 5.13. The minimum absolute atomic E-state index is 0.250. The number of carbonyl (C=O) groups is 1. The number of ether oxygens (including phenoxy) is 1. The van der Waals surface area contributed by atoms with Crippen LogP contribution in [0, 0.1) is 0 Å². The number of unbranched alkanes of at least 4 members (excludes halogenated alkanes) is 1. The van der Waals surface area contributed by atoms with Gasteiger partial charge >= 0.3 is 5.97 Å². The molecule has 0 bridgehead atoms. The second-order valence-corrected chi connectivity index (χ2v) is 2.77. The van der Waals surface area contributed by atoms with E-state index < -0.39 is 5.97 Å². The van der Waals surface area contributed by atoms with Gasteiger partial charge in [-0.1, -0.05) is 0 Å². The van der Waals surface area contributed by atoms with E-state index in [1.165, 1.54) is 0 Å². The summed E-state index contributed by atoms with van der Waals surface area (Å²) in [7, 11) is 0. The van der Waals surface area contributed by atoms with Crippen molar-refractivity contribution in [3.63, 3.8) is 0 Å². The molecule has 0 aliphatic heterocycles. The van der Waals surface area contributed by atoms with Gasteiger partial charge < -0.3 is 9.84 Å². The Kier molecular flexibility index (Phi) is 5.84. The van der Waals surface area contributed by atoms with Crippen molar-refractivity contribution in [1.29, 1.82) is 0 Å². The molecule has 0 heterocycles. The average molecular weight is 160 g/mol. The quantitative estimate of drug-likeness (QED) is 0.601. The van der Waals surface area contributed by atoms with Gasteiger partial charge in [-0.15, -0.1) is 0 Å². The highest BCUT2D eigenvalue weighted by atomic mass is 16.5. The fraction of sp³-hybridized carbons (Fsp3) is 0.875. The first kappa shape index (κ1) is 10.4. The summed E-state index contributed by atoms with van der Waals surface area (Å²) >= 11 is 0. The monoisotopic (exact) mass is 160 g/mol. The van der Waals surface area contributed by atoms with Gasteiger partial charge in [0.25, 0.3) is 0 Å². The number of rotatable bonds is 6. The van der Waals surface area contributed by atoms with Gasteiger partial charge in [-0.2, -0.15) is 0 Å². The summed E-state index contributed by atoms with van der Waals surface area (Å²) in [5, 5.41) is 8.28. The predicted octanol–water partition coefficient (Wildman–Crippen LogP) is 1.67. The molecule has 0 amide bonds. The van der Waals surface area contributed by atoms with Gasteiger partial charge in [-0.3, -0.25) is 4.79 Å². The van der Waals surface area contributed by atoms with Crippen molar-refractivity contribution in [2.45, 2.75) is 39.2 Å². The summed E-state index contributed by atoms with van der Waals surface area (Å²) in [5.74, 6) is -0.727. The number of aliphatic carboxylic acids is 1. The van der Waals surface area contributed by atoms with Gasteiger partial charge in [0.05, 0.1) is 6.10 Å². The van der Waals surface area contributed by atoms with Crippen LogP contribution in [0.25, 0.3) is 0 Å². The Bertz CT molecular complexity index is 110. The molecule has 11 heavy (non-hydrogen) atoms. The summed E-state index contributed by atoms with van der Waals surface area (Å²) in [6.07, 6.45) is 2.05. The lowest BCUT2D eigenvalue weighted by molar-refractivity contribution is -0.137. The summed E-state index contributed by atoms with van der Waals surface area (Å²) in [4.78, 5) is 10.1. The molecular weight excluding hydrogens is 144 g/mol. The summed E-state index contributed by atoms with van der Waals surface area (Å²) in [5.41, 5.74) is 0. The van der Waals surface area contributed by atoms with Crippen molar-refractivity contribution in [3.05, 3.63) is 0 Å². The zero-order valence-electron chi connectivity index (χ0n) is 7.17. The van der Waals surface area contributed by atoms with Gasteiger partial charge in [-0.05, 0) is 26.7 Å². The number of carboxylic acid groups (broad SMARTS) is 1. The molecule has 0 fully saturated rings. The van der Waals surface area contributed by atoms with E-state index in [1.807, 2.05) is 13.8 Å². The first-order valence-corrected chi connectivity index (χ1v) is 3.96. The van der Waals surface area contributed by atoms with Crippen LogP contribution in [-0.2, 0) is 9.53 Å². The third-order valence-corrected chi connectivity index (χ3v) is 1.24. The molecule has 0 aliphatic rings. The van der Waals surface area contributed by atoms with Crippen LogP contribution in [0.15, 0.2) is 0 Å². The van der Waals surface area contributed by atoms with Gasteiger partial charge in [0, 0.05) is 13.0 Å². The molecule has 0 aliphatic carbocycles. The number of hydrogen-bond acceptors (Lipinski definition) is 2. The Morgan fingerprint density at radius 2 is 2.09 bits per heavy atom. The van der Waals surface area contributed by atoms with E-state index in [0.29, 0.717) is 13.0 Å². The molecule has 0 radical (unpaired) electrons. The Balaban J connectivity index is 2.97. The lowest BCUT2D eigenvalue weighted by atomic mass is 10.2. The molecule has 3 heteroatoms. The van der Waals surface area contributed by atoms with Crippen molar-refractivity contribution < 1.29 is 14.6 Å². The lowest BCUT2D eigenvalue weighted by Gasteiger charge is -2.05. The maximum absolute atomic E-state index is 10.1. The van der Waals surface area contributed by atoms with Crippen molar-refractivity contribution in [2.24, 2.45) is 0 Å². The molecule has 0 aromatic heterocycles. The van der Waals surface area contributed by atoms with Crippen molar-refractivity contribution in [3.8, 4) is 0 Å². The SMILES string of the molecule is CC(C)OCCCCC(=O)O. The minimum Gasteiger partial charge on any atom is -0.481 e. The highest BCUT2D eigenvalue weighted by Crippen LogP contribution is 1.97. The van der Waals surface area contributed by atoms with E-state index in [9.17, 15) is 4.79 Å². The Morgan fingerprint density at radius 3 is 2.55 bits per heavy atom.